The summed E-state index contributed by atoms with van der Waals surface area (Å²) in [6, 6.07) is 10.1. The number of nitrogens with one attached hydrogen (secondary N) is 1. The van der Waals surface area contributed by atoms with Gasteiger partial charge in [0.25, 0.3) is 10.0 Å². The van der Waals surface area contributed by atoms with Crippen molar-refractivity contribution in [3.05, 3.63) is 50.9 Å². The lowest BCUT2D eigenvalue weighted by Gasteiger charge is -2.10. The van der Waals surface area contributed by atoms with Gasteiger partial charge in [-0.2, -0.15) is 0 Å². The van der Waals surface area contributed by atoms with E-state index in [1.165, 1.54) is 12.1 Å². The number of hydrogen-bond donors (Lipinski definition) is 2. The van der Waals surface area contributed by atoms with Gasteiger partial charge >= 0.3 is 0 Å². The molecule has 4 nitrogen and oxygen atoms in total. The number of rotatable bonds is 3. The Balaban J connectivity index is 2.38. The normalized spacial score (nSPS) is 11.3. The zero-order valence-electron chi connectivity index (χ0n) is 10.5. The minimum atomic E-state index is -3.65. The number of aryl methyl sites for hydroxylation is 1. The zero-order valence-corrected chi connectivity index (χ0v) is 14.5. The Kier molecular flexibility index (Phi) is 4.41. The molecule has 0 amide bonds. The fraction of sp³-hybridized carbons (Fsp3) is 0.0769. The summed E-state index contributed by atoms with van der Waals surface area (Å²) in [6.07, 6.45) is 0. The number of halogens is 2. The largest absolute Gasteiger partial charge is 0.397 e. The maximum Gasteiger partial charge on any atom is 0.261 e. The Labute approximate surface area is 134 Å². The molecule has 7 heteroatoms. The first-order valence-electron chi connectivity index (χ1n) is 5.63. The van der Waals surface area contributed by atoms with Crippen LogP contribution in [0.2, 0.25) is 0 Å². The van der Waals surface area contributed by atoms with Crippen molar-refractivity contribution in [1.29, 1.82) is 0 Å². The Hall–Kier alpha value is -1.05. The molecule has 0 unspecified atom stereocenters. The molecule has 2 aromatic carbocycles. The summed E-state index contributed by atoms with van der Waals surface area (Å²) in [5.41, 5.74) is 7.79. The van der Waals surface area contributed by atoms with Crippen LogP contribution in [0.25, 0.3) is 0 Å². The third-order valence-corrected chi connectivity index (χ3v) is 5.34. The molecule has 2 aromatic rings. The van der Waals surface area contributed by atoms with Gasteiger partial charge in [-0.1, -0.05) is 17.7 Å². The molecule has 0 bridgehead atoms. The average Bonchev–Trinajstić information content (AvgIpc) is 2.38. The Bertz CT molecular complexity index is 720. The van der Waals surface area contributed by atoms with Crippen molar-refractivity contribution >= 4 is 53.3 Å². The minimum Gasteiger partial charge on any atom is -0.397 e. The molecule has 106 valence electrons. The van der Waals surface area contributed by atoms with Crippen molar-refractivity contribution in [3.8, 4) is 0 Å². The summed E-state index contributed by atoms with van der Waals surface area (Å²) in [5.74, 6) is 0. The van der Waals surface area contributed by atoms with Crippen LogP contribution in [0.1, 0.15) is 5.56 Å². The molecule has 0 heterocycles. The van der Waals surface area contributed by atoms with Gasteiger partial charge in [0.2, 0.25) is 0 Å². The van der Waals surface area contributed by atoms with Crippen LogP contribution in [0.5, 0.6) is 0 Å². The lowest BCUT2D eigenvalue weighted by Crippen LogP contribution is -2.13. The number of hydrogen-bond acceptors (Lipinski definition) is 3. The van der Waals surface area contributed by atoms with Gasteiger partial charge in [-0.25, -0.2) is 8.42 Å². The molecular weight excluding hydrogens is 408 g/mol. The van der Waals surface area contributed by atoms with Crippen LogP contribution in [-0.2, 0) is 10.0 Å². The summed E-state index contributed by atoms with van der Waals surface area (Å²) in [6.45, 7) is 1.94. The van der Waals surface area contributed by atoms with Crippen molar-refractivity contribution in [2.75, 3.05) is 10.5 Å². The second kappa shape index (κ2) is 5.75. The molecule has 0 aliphatic carbocycles. The SMILES string of the molecule is Cc1ccc(NS(=O)(=O)c2cc(Br)c(N)c(Br)c2)cc1. The summed E-state index contributed by atoms with van der Waals surface area (Å²) >= 11 is 6.47. The lowest BCUT2D eigenvalue weighted by molar-refractivity contribution is 0.601. The van der Waals surface area contributed by atoms with Crippen LogP contribution in [0.4, 0.5) is 11.4 Å². The van der Waals surface area contributed by atoms with Crippen molar-refractivity contribution in [2.45, 2.75) is 11.8 Å². The van der Waals surface area contributed by atoms with E-state index in [0.29, 0.717) is 20.3 Å². The molecule has 0 saturated carbocycles. The molecule has 3 N–H and O–H groups in total. The number of benzene rings is 2. The first-order chi connectivity index (χ1) is 9.29. The predicted octanol–water partition coefficient (Wildman–Crippen LogP) is 3.90. The molecule has 0 aliphatic heterocycles. The second-order valence-corrected chi connectivity index (χ2v) is 7.66. The van der Waals surface area contributed by atoms with Crippen LogP contribution in [-0.4, -0.2) is 8.42 Å². The molecule has 0 radical (unpaired) electrons. The van der Waals surface area contributed by atoms with Crippen molar-refractivity contribution in [2.24, 2.45) is 0 Å². The predicted molar refractivity (Wildman–Crippen MR) is 88.2 cm³/mol. The maximum absolute atomic E-state index is 12.3. The van der Waals surface area contributed by atoms with Gasteiger partial charge in [0.05, 0.1) is 10.6 Å². The van der Waals surface area contributed by atoms with Crippen molar-refractivity contribution < 1.29 is 8.42 Å². The van der Waals surface area contributed by atoms with E-state index in [2.05, 4.69) is 36.6 Å². The molecule has 20 heavy (non-hydrogen) atoms. The third kappa shape index (κ3) is 3.34. The minimum absolute atomic E-state index is 0.131. The highest BCUT2D eigenvalue weighted by Gasteiger charge is 2.17. The highest BCUT2D eigenvalue weighted by molar-refractivity contribution is 9.11. The van der Waals surface area contributed by atoms with Crippen LogP contribution < -0.4 is 10.5 Å². The molecule has 0 aliphatic rings. The number of nitrogen functional groups attached to an aromatic ring is 1. The maximum atomic E-state index is 12.3. The first kappa shape index (κ1) is 15.3. The highest BCUT2D eigenvalue weighted by Crippen LogP contribution is 2.32. The summed E-state index contributed by atoms with van der Waals surface area (Å²) in [5, 5.41) is 0. The van der Waals surface area contributed by atoms with E-state index in [9.17, 15) is 8.42 Å². The zero-order chi connectivity index (χ0) is 14.9. The van der Waals surface area contributed by atoms with E-state index in [1.807, 2.05) is 19.1 Å². The molecule has 2 rings (SSSR count). The van der Waals surface area contributed by atoms with Gasteiger partial charge in [0.1, 0.15) is 0 Å². The topological polar surface area (TPSA) is 72.2 Å². The van der Waals surface area contributed by atoms with Crippen LogP contribution in [0.15, 0.2) is 50.2 Å². The quantitative estimate of drug-likeness (QED) is 0.741. The monoisotopic (exact) mass is 418 g/mol. The number of nitrogens with two attached hydrogens (primary N) is 1. The van der Waals surface area contributed by atoms with E-state index in [4.69, 9.17) is 5.73 Å². The second-order valence-electron chi connectivity index (χ2n) is 4.27. The van der Waals surface area contributed by atoms with Gasteiger partial charge in [-0.05, 0) is 63.0 Å². The Morgan fingerprint density at radius 1 is 1.05 bits per heavy atom. The third-order valence-electron chi connectivity index (χ3n) is 2.67. The molecular formula is C13H12Br2N2O2S. The van der Waals surface area contributed by atoms with Gasteiger partial charge in [0.15, 0.2) is 0 Å². The molecule has 0 spiro atoms. The standard InChI is InChI=1S/C13H12Br2N2O2S/c1-8-2-4-9(5-3-8)17-20(18,19)10-6-11(14)13(16)12(15)7-10/h2-7,17H,16H2,1H3. The van der Waals surface area contributed by atoms with Crippen LogP contribution in [0, 0.1) is 6.92 Å². The van der Waals surface area contributed by atoms with Gasteiger partial charge in [-0.15, -0.1) is 0 Å². The molecule has 0 atom stereocenters. The summed E-state index contributed by atoms with van der Waals surface area (Å²) in [4.78, 5) is 0.131. The summed E-state index contributed by atoms with van der Waals surface area (Å²) < 4.78 is 28.2. The highest BCUT2D eigenvalue weighted by atomic mass is 79.9. The van der Waals surface area contributed by atoms with Crippen LogP contribution >= 0.6 is 31.9 Å². The van der Waals surface area contributed by atoms with E-state index in [0.717, 1.165) is 5.56 Å². The molecule has 0 aromatic heterocycles. The molecule has 0 fully saturated rings. The van der Waals surface area contributed by atoms with E-state index < -0.39 is 10.0 Å². The molecule has 0 saturated heterocycles. The van der Waals surface area contributed by atoms with E-state index in [-0.39, 0.29) is 4.90 Å². The van der Waals surface area contributed by atoms with Crippen molar-refractivity contribution in [3.63, 3.8) is 0 Å². The van der Waals surface area contributed by atoms with Gasteiger partial charge < -0.3 is 5.73 Å². The van der Waals surface area contributed by atoms with Gasteiger partial charge in [0, 0.05) is 14.6 Å². The van der Waals surface area contributed by atoms with E-state index >= 15 is 0 Å². The summed E-state index contributed by atoms with van der Waals surface area (Å²) in [7, 11) is -3.65. The fourth-order valence-corrected chi connectivity index (χ4v) is 4.15. The average molecular weight is 420 g/mol. The van der Waals surface area contributed by atoms with E-state index in [1.54, 1.807) is 12.1 Å². The van der Waals surface area contributed by atoms with Crippen molar-refractivity contribution in [1.82, 2.24) is 0 Å². The Morgan fingerprint density at radius 3 is 2.05 bits per heavy atom. The Morgan fingerprint density at radius 2 is 1.55 bits per heavy atom. The smallest absolute Gasteiger partial charge is 0.261 e. The number of anilines is 2. The van der Waals surface area contributed by atoms with Gasteiger partial charge in [-0.3, -0.25) is 4.72 Å². The first-order valence-corrected chi connectivity index (χ1v) is 8.70. The fourth-order valence-electron chi connectivity index (χ4n) is 1.55. The van der Waals surface area contributed by atoms with Crippen LogP contribution in [0.3, 0.4) is 0 Å². The number of sulfonamides is 1. The lowest BCUT2D eigenvalue weighted by atomic mass is 10.2.